The molecule has 2 atom stereocenters. The lowest BCUT2D eigenvalue weighted by atomic mass is 10.0. The zero-order valence-corrected chi connectivity index (χ0v) is 9.07. The van der Waals surface area contributed by atoms with Crippen molar-refractivity contribution in [3.63, 3.8) is 0 Å². The Bertz CT molecular complexity index is 466. The molecule has 1 aromatic carbocycles. The molecule has 0 bridgehead atoms. The lowest BCUT2D eigenvalue weighted by molar-refractivity contribution is 0.0667. The molecule has 1 aliphatic rings. The molecule has 0 fully saturated rings. The molecule has 5 heteroatoms. The predicted octanol–water partition coefficient (Wildman–Crippen LogP) is 0.353. The lowest BCUT2D eigenvalue weighted by Crippen LogP contribution is -2.42. The molecule has 0 aliphatic carbocycles. The van der Waals surface area contributed by atoms with Crippen molar-refractivity contribution in [1.29, 1.82) is 0 Å². The summed E-state index contributed by atoms with van der Waals surface area (Å²) in [6.45, 7) is 0. The summed E-state index contributed by atoms with van der Waals surface area (Å²) >= 11 is 0. The molecule has 1 heterocycles. The second-order valence-corrected chi connectivity index (χ2v) is 5.82. The fourth-order valence-electron chi connectivity index (χ4n) is 1.69. The zero-order valence-electron chi connectivity index (χ0n) is 8.25. The van der Waals surface area contributed by atoms with Gasteiger partial charge in [0.05, 0.1) is 0 Å². The second kappa shape index (κ2) is 3.50. The molecule has 0 radical (unpaired) electrons. The largest absolute Gasteiger partial charge is 0.472 e. The van der Waals surface area contributed by atoms with Crippen LogP contribution in [-0.2, 0) is 16.3 Å². The van der Waals surface area contributed by atoms with Crippen LogP contribution in [0.25, 0.3) is 0 Å². The average molecular weight is 228 g/mol. The van der Waals surface area contributed by atoms with Crippen LogP contribution in [0.4, 0.5) is 0 Å². The molecule has 15 heavy (non-hydrogen) atoms. The van der Waals surface area contributed by atoms with E-state index in [0.717, 1.165) is 11.8 Å². The van der Waals surface area contributed by atoms with Crippen LogP contribution in [-0.4, -0.2) is 31.3 Å². The minimum absolute atomic E-state index is 0.313. The van der Waals surface area contributed by atoms with Crippen LogP contribution in [0.15, 0.2) is 24.3 Å². The van der Waals surface area contributed by atoms with Gasteiger partial charge in [-0.25, -0.2) is 8.42 Å². The highest BCUT2D eigenvalue weighted by atomic mass is 32.2. The Hall–Kier alpha value is -1.07. The van der Waals surface area contributed by atoms with Gasteiger partial charge in [0.15, 0.2) is 9.84 Å². The van der Waals surface area contributed by atoms with Crippen LogP contribution in [0.2, 0.25) is 0 Å². The summed E-state index contributed by atoms with van der Waals surface area (Å²) in [5, 5.41) is 9.65. The summed E-state index contributed by atoms with van der Waals surface area (Å²) in [6, 6.07) is 7.13. The molecule has 1 N–H and O–H groups in total. The number of benzene rings is 1. The van der Waals surface area contributed by atoms with Gasteiger partial charge in [0.1, 0.15) is 11.9 Å². The van der Waals surface area contributed by atoms with E-state index in [9.17, 15) is 13.5 Å². The van der Waals surface area contributed by atoms with E-state index in [1.165, 1.54) is 0 Å². The van der Waals surface area contributed by atoms with Crippen molar-refractivity contribution >= 4 is 9.84 Å². The highest BCUT2D eigenvalue weighted by Gasteiger charge is 2.35. The Labute approximate surface area is 88.4 Å². The molecule has 0 amide bonds. The first-order valence-corrected chi connectivity index (χ1v) is 6.55. The van der Waals surface area contributed by atoms with Crippen LogP contribution < -0.4 is 4.74 Å². The average Bonchev–Trinajstić information content (AvgIpc) is 2.15. The third-order valence-electron chi connectivity index (χ3n) is 2.38. The van der Waals surface area contributed by atoms with Gasteiger partial charge in [-0.05, 0) is 11.6 Å². The monoisotopic (exact) mass is 228 g/mol. The number of sulfone groups is 1. The third-order valence-corrected chi connectivity index (χ3v) is 3.64. The molecule has 0 saturated carbocycles. The molecule has 0 spiro atoms. The summed E-state index contributed by atoms with van der Waals surface area (Å²) in [5.74, 6) is 0.540. The molecule has 82 valence electrons. The minimum Gasteiger partial charge on any atom is -0.472 e. The van der Waals surface area contributed by atoms with Gasteiger partial charge in [0.2, 0.25) is 5.44 Å². The van der Waals surface area contributed by atoms with E-state index in [1.807, 2.05) is 12.1 Å². The minimum atomic E-state index is -3.39. The van der Waals surface area contributed by atoms with Crippen molar-refractivity contribution in [3.8, 4) is 5.75 Å². The van der Waals surface area contributed by atoms with Gasteiger partial charge in [-0.2, -0.15) is 0 Å². The number of aliphatic hydroxyl groups excluding tert-OH is 1. The Kier molecular flexibility index (Phi) is 2.44. The molecule has 0 aromatic heterocycles. The first kappa shape index (κ1) is 10.4. The first-order chi connectivity index (χ1) is 6.98. The van der Waals surface area contributed by atoms with Crippen molar-refractivity contribution in [1.82, 2.24) is 0 Å². The van der Waals surface area contributed by atoms with E-state index in [1.54, 1.807) is 12.1 Å². The van der Waals surface area contributed by atoms with Crippen LogP contribution >= 0.6 is 0 Å². The van der Waals surface area contributed by atoms with Gasteiger partial charge in [-0.3, -0.25) is 0 Å². The van der Waals surface area contributed by atoms with Crippen LogP contribution in [0.5, 0.6) is 5.75 Å². The fraction of sp³-hybridized carbons (Fsp3) is 0.400. The number of hydrogen-bond acceptors (Lipinski definition) is 4. The summed E-state index contributed by atoms with van der Waals surface area (Å²) in [4.78, 5) is 0. The molecule has 1 aromatic rings. The number of ether oxygens (including phenoxy) is 1. The number of hydrogen-bond donors (Lipinski definition) is 1. The SMILES string of the molecule is CS(=O)(=O)C1Oc2ccccc2CC1O. The van der Waals surface area contributed by atoms with Gasteiger partial charge < -0.3 is 9.84 Å². The van der Waals surface area contributed by atoms with Crippen molar-refractivity contribution in [2.24, 2.45) is 0 Å². The maximum absolute atomic E-state index is 11.3. The number of rotatable bonds is 1. The molecule has 0 saturated heterocycles. The van der Waals surface area contributed by atoms with Gasteiger partial charge in [0, 0.05) is 12.7 Å². The normalized spacial score (nSPS) is 25.5. The molecule has 2 unspecified atom stereocenters. The number of aliphatic hydroxyl groups is 1. The zero-order chi connectivity index (χ0) is 11.1. The van der Waals surface area contributed by atoms with E-state index in [4.69, 9.17) is 4.74 Å². The summed E-state index contributed by atoms with van der Waals surface area (Å²) in [7, 11) is -3.39. The summed E-state index contributed by atoms with van der Waals surface area (Å²) in [5.41, 5.74) is -0.308. The van der Waals surface area contributed by atoms with Gasteiger partial charge in [-0.15, -0.1) is 0 Å². The van der Waals surface area contributed by atoms with Crippen molar-refractivity contribution in [2.45, 2.75) is 18.0 Å². The maximum Gasteiger partial charge on any atom is 0.224 e. The highest BCUT2D eigenvalue weighted by molar-refractivity contribution is 7.91. The molecular formula is C10H12O4S. The number of para-hydroxylation sites is 1. The Morgan fingerprint density at radius 1 is 1.40 bits per heavy atom. The standard InChI is InChI=1S/C10H12O4S/c1-15(12,13)10-8(11)6-7-4-2-3-5-9(7)14-10/h2-5,8,10-11H,6H2,1H3. The van der Waals surface area contributed by atoms with Crippen LogP contribution in [0.1, 0.15) is 5.56 Å². The van der Waals surface area contributed by atoms with Gasteiger partial charge in [-0.1, -0.05) is 18.2 Å². The van der Waals surface area contributed by atoms with Gasteiger partial charge >= 0.3 is 0 Å². The highest BCUT2D eigenvalue weighted by Crippen LogP contribution is 2.28. The molecular weight excluding hydrogens is 216 g/mol. The van der Waals surface area contributed by atoms with Crippen molar-refractivity contribution in [2.75, 3.05) is 6.26 Å². The van der Waals surface area contributed by atoms with E-state index >= 15 is 0 Å². The quantitative estimate of drug-likeness (QED) is 0.753. The summed E-state index contributed by atoms with van der Waals surface area (Å²) in [6.07, 6.45) is 0.387. The fourth-order valence-corrected chi connectivity index (χ4v) is 2.63. The molecule has 1 aliphatic heterocycles. The van der Waals surface area contributed by atoms with Crippen molar-refractivity contribution in [3.05, 3.63) is 29.8 Å². The topological polar surface area (TPSA) is 63.6 Å². The third kappa shape index (κ3) is 1.98. The second-order valence-electron chi connectivity index (χ2n) is 3.69. The van der Waals surface area contributed by atoms with E-state index < -0.39 is 21.4 Å². The Balaban J connectivity index is 2.38. The number of fused-ring (bicyclic) bond motifs is 1. The van der Waals surface area contributed by atoms with Crippen LogP contribution in [0.3, 0.4) is 0 Å². The lowest BCUT2D eigenvalue weighted by Gasteiger charge is -2.28. The molecule has 4 nitrogen and oxygen atoms in total. The maximum atomic E-state index is 11.3. The predicted molar refractivity (Wildman–Crippen MR) is 55.4 cm³/mol. The van der Waals surface area contributed by atoms with E-state index in [-0.39, 0.29) is 0 Å². The first-order valence-electron chi connectivity index (χ1n) is 4.60. The summed E-state index contributed by atoms with van der Waals surface area (Å²) < 4.78 is 27.9. The van der Waals surface area contributed by atoms with E-state index in [2.05, 4.69) is 0 Å². The Morgan fingerprint density at radius 2 is 2.07 bits per heavy atom. The smallest absolute Gasteiger partial charge is 0.224 e. The van der Waals surface area contributed by atoms with Crippen molar-refractivity contribution < 1.29 is 18.3 Å². The molecule has 2 rings (SSSR count). The van der Waals surface area contributed by atoms with E-state index in [0.29, 0.717) is 12.2 Å². The van der Waals surface area contributed by atoms with Gasteiger partial charge in [0.25, 0.3) is 0 Å². The Morgan fingerprint density at radius 3 is 2.73 bits per heavy atom. The van der Waals surface area contributed by atoms with Crippen LogP contribution in [0, 0.1) is 0 Å².